The number of hydrogen-bond donors (Lipinski definition) is 2. The third kappa shape index (κ3) is 4.95. The molecule has 178 valence electrons. The normalized spacial score (nSPS) is 17.1. The molecule has 0 aromatic heterocycles. The number of ketones is 1. The Morgan fingerprint density at radius 3 is 2.44 bits per heavy atom. The van der Waals surface area contributed by atoms with Crippen LogP contribution in [0.2, 0.25) is 0 Å². The molecular formula is C23H22N2O9. The highest BCUT2D eigenvalue weighted by molar-refractivity contribution is 6.46. The Morgan fingerprint density at radius 1 is 1.12 bits per heavy atom. The highest BCUT2D eigenvalue weighted by Crippen LogP contribution is 2.39. The summed E-state index contributed by atoms with van der Waals surface area (Å²) in [6.07, 6.45) is 0. The lowest BCUT2D eigenvalue weighted by Crippen LogP contribution is -2.33. The van der Waals surface area contributed by atoms with Crippen LogP contribution in [0, 0.1) is 10.1 Å². The maximum Gasteiger partial charge on any atom is 0.337 e. The molecule has 1 heterocycles. The number of amides is 1. The van der Waals surface area contributed by atoms with Gasteiger partial charge >= 0.3 is 5.97 Å². The van der Waals surface area contributed by atoms with E-state index in [1.807, 2.05) is 0 Å². The van der Waals surface area contributed by atoms with E-state index in [2.05, 4.69) is 4.74 Å². The molecule has 1 atom stereocenters. The zero-order chi connectivity index (χ0) is 24.8. The summed E-state index contributed by atoms with van der Waals surface area (Å²) in [4.78, 5) is 49.3. The Morgan fingerprint density at radius 2 is 1.82 bits per heavy atom. The second-order valence-corrected chi connectivity index (χ2v) is 7.25. The zero-order valence-corrected chi connectivity index (χ0v) is 18.2. The van der Waals surface area contributed by atoms with Gasteiger partial charge in [0.15, 0.2) is 0 Å². The van der Waals surface area contributed by atoms with Crippen LogP contribution < -0.4 is 0 Å². The van der Waals surface area contributed by atoms with E-state index in [4.69, 9.17) is 9.84 Å². The molecule has 3 rings (SSSR count). The number of nitro benzene ring substituents is 1. The molecule has 0 unspecified atom stereocenters. The third-order valence-electron chi connectivity index (χ3n) is 5.23. The maximum atomic E-state index is 12.9. The number of aliphatic hydroxyl groups excluding tert-OH is 2. The molecule has 34 heavy (non-hydrogen) atoms. The summed E-state index contributed by atoms with van der Waals surface area (Å²) in [5.41, 5.74) is 0.113. The Hall–Kier alpha value is -4.09. The Kier molecular flexibility index (Phi) is 7.71. The van der Waals surface area contributed by atoms with Crippen LogP contribution in [-0.2, 0) is 19.1 Å². The molecule has 2 aromatic carbocycles. The topological polar surface area (TPSA) is 157 Å². The summed E-state index contributed by atoms with van der Waals surface area (Å²) >= 11 is 0. The van der Waals surface area contributed by atoms with Gasteiger partial charge in [0.2, 0.25) is 0 Å². The van der Waals surface area contributed by atoms with Crippen molar-refractivity contribution >= 4 is 29.1 Å². The first-order valence-corrected chi connectivity index (χ1v) is 10.2. The molecule has 0 spiro atoms. The fraction of sp³-hybridized carbons (Fsp3) is 0.261. The number of carbonyl (C=O) groups excluding carboxylic acids is 3. The quantitative estimate of drug-likeness (QED) is 0.106. The first-order chi connectivity index (χ1) is 16.3. The van der Waals surface area contributed by atoms with Gasteiger partial charge in [0.05, 0.1) is 49.0 Å². The average molecular weight is 470 g/mol. The van der Waals surface area contributed by atoms with Gasteiger partial charge in [-0.2, -0.15) is 0 Å². The smallest absolute Gasteiger partial charge is 0.337 e. The number of hydrogen-bond acceptors (Lipinski definition) is 9. The predicted molar refractivity (Wildman–Crippen MR) is 118 cm³/mol. The number of carbonyl (C=O) groups is 3. The van der Waals surface area contributed by atoms with Crippen LogP contribution in [0.25, 0.3) is 5.76 Å². The molecule has 0 radical (unpaired) electrons. The van der Waals surface area contributed by atoms with E-state index < -0.39 is 34.4 Å². The van der Waals surface area contributed by atoms with Gasteiger partial charge in [0.1, 0.15) is 5.76 Å². The first kappa shape index (κ1) is 24.6. The molecule has 2 N–H and O–H groups in total. The molecule has 1 amide bonds. The van der Waals surface area contributed by atoms with E-state index in [1.54, 1.807) is 0 Å². The number of esters is 1. The van der Waals surface area contributed by atoms with Crippen LogP contribution in [0.1, 0.15) is 27.5 Å². The SMILES string of the molecule is COC(=O)c1ccc([C@H]2C(=C(O)c3cccc([N+](=O)[O-])c3)C(=O)C(=O)N2CCOCCO)cc1. The second-order valence-electron chi connectivity index (χ2n) is 7.25. The van der Waals surface area contributed by atoms with E-state index >= 15 is 0 Å². The van der Waals surface area contributed by atoms with E-state index in [0.29, 0.717) is 5.56 Å². The van der Waals surface area contributed by atoms with Gasteiger partial charge in [0.25, 0.3) is 17.4 Å². The summed E-state index contributed by atoms with van der Waals surface area (Å²) in [6, 6.07) is 9.98. The Labute approximate surface area is 194 Å². The number of benzene rings is 2. The maximum absolute atomic E-state index is 12.9. The van der Waals surface area contributed by atoms with Crippen molar-refractivity contribution in [2.75, 3.05) is 33.5 Å². The Bertz CT molecular complexity index is 1140. The minimum atomic E-state index is -1.04. The van der Waals surface area contributed by atoms with Crippen molar-refractivity contribution in [3.8, 4) is 0 Å². The number of methoxy groups -OCH3 is 1. The van der Waals surface area contributed by atoms with Gasteiger partial charge in [-0.25, -0.2) is 4.79 Å². The summed E-state index contributed by atoms with van der Waals surface area (Å²) in [5, 5.41) is 31.0. The lowest BCUT2D eigenvalue weighted by molar-refractivity contribution is -0.384. The number of likely N-dealkylation sites (tertiary alicyclic amines) is 1. The highest BCUT2D eigenvalue weighted by atomic mass is 16.6. The minimum absolute atomic E-state index is 0.0000820. The van der Waals surface area contributed by atoms with Crippen molar-refractivity contribution in [3.63, 3.8) is 0 Å². The van der Waals surface area contributed by atoms with E-state index in [1.165, 1.54) is 54.5 Å². The standard InChI is InChI=1S/C23H22N2O9/c1-33-23(30)15-7-5-14(6-8-15)19-18(20(27)16-3-2-4-17(13-16)25(31)32)21(28)22(29)24(19)9-11-34-12-10-26/h2-8,13,19,26-27H,9-12H2,1H3/t19-/m0/s1. The van der Waals surface area contributed by atoms with Crippen molar-refractivity contribution < 1.29 is 39.0 Å². The number of ether oxygens (including phenoxy) is 2. The van der Waals surface area contributed by atoms with Crippen molar-refractivity contribution in [1.82, 2.24) is 4.90 Å². The van der Waals surface area contributed by atoms with Gasteiger partial charge < -0.3 is 24.6 Å². The molecule has 1 fully saturated rings. The molecule has 1 saturated heterocycles. The summed E-state index contributed by atoms with van der Waals surface area (Å²) in [6.45, 7) is -0.193. The average Bonchev–Trinajstić information content (AvgIpc) is 3.10. The third-order valence-corrected chi connectivity index (χ3v) is 5.23. The molecule has 2 aromatic rings. The molecule has 11 nitrogen and oxygen atoms in total. The number of nitro groups is 1. The van der Waals surface area contributed by atoms with Gasteiger partial charge in [-0.1, -0.05) is 24.3 Å². The van der Waals surface area contributed by atoms with Crippen LogP contribution in [0.3, 0.4) is 0 Å². The van der Waals surface area contributed by atoms with Crippen LogP contribution >= 0.6 is 0 Å². The summed E-state index contributed by atoms with van der Waals surface area (Å²) < 4.78 is 9.91. The molecule has 11 heteroatoms. The number of rotatable bonds is 9. The van der Waals surface area contributed by atoms with Crippen LogP contribution in [0.4, 0.5) is 5.69 Å². The molecule has 1 aliphatic rings. The fourth-order valence-corrected chi connectivity index (χ4v) is 3.63. The van der Waals surface area contributed by atoms with Crippen LogP contribution in [-0.4, -0.2) is 71.2 Å². The largest absolute Gasteiger partial charge is 0.507 e. The molecule has 0 bridgehead atoms. The van der Waals surface area contributed by atoms with Crippen molar-refractivity contribution in [2.24, 2.45) is 0 Å². The summed E-state index contributed by atoms with van der Waals surface area (Å²) in [5.74, 6) is -2.99. The Balaban J connectivity index is 2.10. The van der Waals surface area contributed by atoms with Crippen LogP contribution in [0.5, 0.6) is 0 Å². The zero-order valence-electron chi connectivity index (χ0n) is 18.2. The van der Waals surface area contributed by atoms with E-state index in [0.717, 1.165) is 6.07 Å². The lowest BCUT2D eigenvalue weighted by Gasteiger charge is -2.25. The van der Waals surface area contributed by atoms with Crippen LogP contribution in [0.15, 0.2) is 54.1 Å². The van der Waals surface area contributed by atoms with Gasteiger partial charge in [-0.3, -0.25) is 19.7 Å². The van der Waals surface area contributed by atoms with Crippen molar-refractivity contribution in [3.05, 3.63) is 80.9 Å². The predicted octanol–water partition coefficient (Wildman–Crippen LogP) is 1.81. The number of nitrogens with zero attached hydrogens (tertiary/aromatic N) is 2. The molecule has 0 aliphatic carbocycles. The fourth-order valence-electron chi connectivity index (χ4n) is 3.63. The lowest BCUT2D eigenvalue weighted by atomic mass is 9.94. The van der Waals surface area contributed by atoms with Gasteiger partial charge in [-0.15, -0.1) is 0 Å². The van der Waals surface area contributed by atoms with E-state index in [9.17, 15) is 29.6 Å². The number of Topliss-reactive ketones (excluding diaryl/α,β-unsaturated/α-hetero) is 1. The molecule has 0 saturated carbocycles. The van der Waals surface area contributed by atoms with Crippen molar-refractivity contribution in [2.45, 2.75) is 6.04 Å². The van der Waals surface area contributed by atoms with Gasteiger partial charge in [-0.05, 0) is 17.7 Å². The molecular weight excluding hydrogens is 448 g/mol. The number of aliphatic hydroxyl groups is 2. The molecule has 1 aliphatic heterocycles. The second kappa shape index (κ2) is 10.7. The first-order valence-electron chi connectivity index (χ1n) is 10.2. The van der Waals surface area contributed by atoms with Gasteiger partial charge in [0, 0.05) is 24.2 Å². The highest BCUT2D eigenvalue weighted by Gasteiger charge is 2.46. The minimum Gasteiger partial charge on any atom is -0.507 e. The summed E-state index contributed by atoms with van der Waals surface area (Å²) in [7, 11) is 1.23. The van der Waals surface area contributed by atoms with Crippen molar-refractivity contribution in [1.29, 1.82) is 0 Å². The van der Waals surface area contributed by atoms with E-state index in [-0.39, 0.29) is 48.8 Å². The number of non-ortho nitro benzene ring substituents is 1. The monoisotopic (exact) mass is 470 g/mol.